The quantitative estimate of drug-likeness (QED) is 0.406. The van der Waals surface area contributed by atoms with E-state index in [1.54, 1.807) is 21.1 Å². The second-order valence-corrected chi connectivity index (χ2v) is 3.38. The summed E-state index contributed by atoms with van der Waals surface area (Å²) in [7, 11) is 4.71. The van der Waals surface area contributed by atoms with Crippen molar-refractivity contribution in [3.05, 3.63) is 17.9 Å². The Labute approximate surface area is 80.4 Å². The van der Waals surface area contributed by atoms with Crippen LogP contribution in [0.15, 0.2) is 12.7 Å². The molecule has 0 atom stereocenters. The molecular weight excluding hydrogens is 168 g/mol. The number of nitrogens with one attached hydrogen (secondary N) is 1. The van der Waals surface area contributed by atoms with Gasteiger partial charge in [0.15, 0.2) is 0 Å². The number of carbonyl (C=O) groups excluding carboxylic acids is 1. The van der Waals surface area contributed by atoms with Crippen molar-refractivity contribution in [1.29, 1.82) is 0 Å². The summed E-state index contributed by atoms with van der Waals surface area (Å²) >= 11 is 0. The van der Waals surface area contributed by atoms with Crippen molar-refractivity contribution in [3.63, 3.8) is 0 Å². The van der Waals surface area contributed by atoms with E-state index in [1.807, 2.05) is 6.92 Å². The molecule has 0 bridgehead atoms. The largest absolute Gasteiger partial charge is 0.633 e. The Morgan fingerprint density at radius 1 is 1.54 bits per heavy atom. The van der Waals surface area contributed by atoms with Gasteiger partial charge in [0, 0.05) is 6.54 Å². The molecule has 0 saturated heterocycles. The summed E-state index contributed by atoms with van der Waals surface area (Å²) in [4.78, 5) is 10.3. The van der Waals surface area contributed by atoms with Crippen LogP contribution in [0.25, 0.3) is 0 Å². The highest BCUT2D eigenvalue weighted by Gasteiger charge is 1.86. The SMILES string of the molecule is C=CC(=O)NCCC.C[N+](C)(C)[O-]. The lowest BCUT2D eigenvalue weighted by Gasteiger charge is -2.27. The Morgan fingerprint density at radius 2 is 1.92 bits per heavy atom. The highest BCUT2D eigenvalue weighted by molar-refractivity contribution is 5.86. The van der Waals surface area contributed by atoms with Crippen molar-refractivity contribution in [2.75, 3.05) is 27.7 Å². The van der Waals surface area contributed by atoms with Crippen LogP contribution in [0.3, 0.4) is 0 Å². The van der Waals surface area contributed by atoms with Gasteiger partial charge in [-0.25, -0.2) is 0 Å². The van der Waals surface area contributed by atoms with Gasteiger partial charge in [0.25, 0.3) is 0 Å². The summed E-state index contributed by atoms with van der Waals surface area (Å²) in [6.07, 6.45) is 2.25. The van der Waals surface area contributed by atoms with Crippen molar-refractivity contribution in [3.8, 4) is 0 Å². The van der Waals surface area contributed by atoms with E-state index in [4.69, 9.17) is 0 Å². The molecule has 0 spiro atoms. The smallest absolute Gasteiger partial charge is 0.243 e. The van der Waals surface area contributed by atoms with E-state index in [1.165, 1.54) is 6.08 Å². The number of hydrogen-bond acceptors (Lipinski definition) is 2. The minimum absolute atomic E-state index is 0.0909. The molecule has 0 unspecified atom stereocenters. The van der Waals surface area contributed by atoms with Crippen molar-refractivity contribution >= 4 is 5.91 Å². The van der Waals surface area contributed by atoms with Gasteiger partial charge in [0.1, 0.15) is 0 Å². The molecule has 1 amide bonds. The third kappa shape index (κ3) is 35.3. The summed E-state index contributed by atoms with van der Waals surface area (Å²) in [5.74, 6) is -0.0909. The Kier molecular flexibility index (Phi) is 8.74. The lowest BCUT2D eigenvalue weighted by atomic mass is 10.4. The molecule has 0 aliphatic heterocycles. The van der Waals surface area contributed by atoms with E-state index in [0.29, 0.717) is 0 Å². The Balaban J connectivity index is 0. The van der Waals surface area contributed by atoms with Gasteiger partial charge in [0.05, 0.1) is 21.1 Å². The molecule has 13 heavy (non-hydrogen) atoms. The monoisotopic (exact) mass is 188 g/mol. The minimum atomic E-state index is -0.250. The van der Waals surface area contributed by atoms with Crippen LogP contribution in [0.2, 0.25) is 0 Å². The minimum Gasteiger partial charge on any atom is -0.633 e. The van der Waals surface area contributed by atoms with Gasteiger partial charge in [-0.15, -0.1) is 0 Å². The van der Waals surface area contributed by atoms with Gasteiger partial charge in [-0.05, 0) is 12.5 Å². The van der Waals surface area contributed by atoms with Crippen LogP contribution in [0.4, 0.5) is 0 Å². The van der Waals surface area contributed by atoms with Crippen LogP contribution in [0.5, 0.6) is 0 Å². The standard InChI is InChI=1S/C6H11NO.C3H9NO/c1-3-5-7-6(8)4-2;1-4(2,3)5/h4H,2-3,5H2,1H3,(H,7,8);1-3H3. The zero-order chi connectivity index (χ0) is 10.9. The van der Waals surface area contributed by atoms with Crippen LogP contribution < -0.4 is 5.32 Å². The predicted octanol–water partition coefficient (Wildman–Crippen LogP) is 0.889. The number of hydroxylamine groups is 3. The molecule has 0 fully saturated rings. The lowest BCUT2D eigenvalue weighted by Crippen LogP contribution is -2.25. The zero-order valence-corrected chi connectivity index (χ0v) is 8.96. The number of quaternary nitrogens is 1. The van der Waals surface area contributed by atoms with E-state index >= 15 is 0 Å². The molecule has 0 aromatic heterocycles. The molecule has 0 heterocycles. The van der Waals surface area contributed by atoms with Crippen LogP contribution >= 0.6 is 0 Å². The van der Waals surface area contributed by atoms with E-state index in [2.05, 4.69) is 11.9 Å². The first-order valence-corrected chi connectivity index (χ1v) is 4.24. The van der Waals surface area contributed by atoms with Gasteiger partial charge < -0.3 is 15.2 Å². The second kappa shape index (κ2) is 7.76. The molecule has 4 nitrogen and oxygen atoms in total. The van der Waals surface area contributed by atoms with Crippen LogP contribution in [0.1, 0.15) is 13.3 Å². The second-order valence-electron chi connectivity index (χ2n) is 3.38. The summed E-state index contributed by atoms with van der Waals surface area (Å²) in [6.45, 7) is 6.05. The summed E-state index contributed by atoms with van der Waals surface area (Å²) in [5.41, 5.74) is 0. The molecule has 0 aromatic carbocycles. The molecule has 0 aromatic rings. The molecule has 78 valence electrons. The molecule has 0 aliphatic carbocycles. The third-order valence-corrected chi connectivity index (χ3v) is 0.735. The van der Waals surface area contributed by atoms with E-state index in [0.717, 1.165) is 13.0 Å². The Hall–Kier alpha value is -0.870. The molecule has 0 aliphatic rings. The van der Waals surface area contributed by atoms with Crippen molar-refractivity contribution in [2.24, 2.45) is 0 Å². The lowest BCUT2D eigenvalue weighted by molar-refractivity contribution is -0.818. The maximum Gasteiger partial charge on any atom is 0.243 e. The topological polar surface area (TPSA) is 52.2 Å². The van der Waals surface area contributed by atoms with E-state index < -0.39 is 0 Å². The normalized spacial score (nSPS) is 9.62. The van der Waals surface area contributed by atoms with E-state index in [-0.39, 0.29) is 10.6 Å². The van der Waals surface area contributed by atoms with Crippen molar-refractivity contribution in [1.82, 2.24) is 5.32 Å². The maximum absolute atomic E-state index is 10.3. The van der Waals surface area contributed by atoms with Gasteiger partial charge in [-0.3, -0.25) is 4.79 Å². The van der Waals surface area contributed by atoms with Gasteiger partial charge in [-0.1, -0.05) is 13.5 Å². The van der Waals surface area contributed by atoms with Crippen LogP contribution in [0, 0.1) is 5.21 Å². The Morgan fingerprint density at radius 3 is 2.15 bits per heavy atom. The first-order valence-electron chi connectivity index (χ1n) is 4.24. The molecule has 0 saturated carbocycles. The molecule has 4 heteroatoms. The number of hydrogen-bond donors (Lipinski definition) is 1. The fourth-order valence-electron chi connectivity index (χ4n) is 0.320. The number of carbonyl (C=O) groups is 1. The van der Waals surface area contributed by atoms with Gasteiger partial charge in [0.2, 0.25) is 5.91 Å². The molecule has 0 rings (SSSR count). The zero-order valence-electron chi connectivity index (χ0n) is 8.96. The Bertz CT molecular complexity index is 144. The first kappa shape index (κ1) is 14.6. The third-order valence-electron chi connectivity index (χ3n) is 0.735. The van der Waals surface area contributed by atoms with Gasteiger partial charge in [-0.2, -0.15) is 0 Å². The number of amides is 1. The fraction of sp³-hybridized carbons (Fsp3) is 0.667. The number of nitrogens with zero attached hydrogens (tertiary/aromatic N) is 1. The van der Waals surface area contributed by atoms with E-state index in [9.17, 15) is 10.0 Å². The predicted molar refractivity (Wildman–Crippen MR) is 54.9 cm³/mol. The summed E-state index contributed by atoms with van der Waals surface area (Å²) < 4.78 is -0.250. The average Bonchev–Trinajstić information content (AvgIpc) is 1.97. The average molecular weight is 188 g/mol. The van der Waals surface area contributed by atoms with Gasteiger partial charge >= 0.3 is 0 Å². The fourth-order valence-corrected chi connectivity index (χ4v) is 0.320. The maximum atomic E-state index is 10.3. The highest BCUT2D eigenvalue weighted by atomic mass is 16.5. The number of rotatable bonds is 3. The van der Waals surface area contributed by atoms with Crippen molar-refractivity contribution in [2.45, 2.75) is 13.3 Å². The van der Waals surface area contributed by atoms with Crippen molar-refractivity contribution < 1.29 is 9.44 Å². The van der Waals surface area contributed by atoms with Crippen LogP contribution in [-0.4, -0.2) is 38.2 Å². The van der Waals surface area contributed by atoms with Crippen LogP contribution in [-0.2, 0) is 4.79 Å². The molecule has 0 radical (unpaired) electrons. The highest BCUT2D eigenvalue weighted by Crippen LogP contribution is 1.77. The summed E-state index contributed by atoms with van der Waals surface area (Å²) in [5, 5.41) is 12.7. The first-order chi connectivity index (χ1) is 5.81. The molecule has 1 N–H and O–H groups in total. The summed E-state index contributed by atoms with van der Waals surface area (Å²) in [6, 6.07) is 0. The molecular formula is C9H20N2O2.